The van der Waals surface area contributed by atoms with E-state index in [-0.39, 0.29) is 17.8 Å². The average molecular weight is 418 g/mol. The summed E-state index contributed by atoms with van der Waals surface area (Å²) in [7, 11) is 0. The number of furan rings is 1. The van der Waals surface area contributed by atoms with E-state index in [4.69, 9.17) is 9.40 Å². The summed E-state index contributed by atoms with van der Waals surface area (Å²) in [6.45, 7) is 1.98. The Kier molecular flexibility index (Phi) is 5.02. The molecule has 0 spiro atoms. The van der Waals surface area contributed by atoms with Gasteiger partial charge in [-0.1, -0.05) is 12.1 Å². The van der Waals surface area contributed by atoms with E-state index in [9.17, 15) is 9.18 Å². The van der Waals surface area contributed by atoms with Crippen molar-refractivity contribution in [1.29, 1.82) is 0 Å². The lowest BCUT2D eigenvalue weighted by molar-refractivity contribution is 0.0939. The minimum atomic E-state index is -0.385. The van der Waals surface area contributed by atoms with Crippen molar-refractivity contribution in [3.8, 4) is 5.69 Å². The van der Waals surface area contributed by atoms with Crippen LogP contribution in [0.3, 0.4) is 0 Å². The van der Waals surface area contributed by atoms with E-state index in [0.29, 0.717) is 28.2 Å². The molecular formula is C24H23FN4O2. The van der Waals surface area contributed by atoms with Crippen LogP contribution in [0.5, 0.6) is 0 Å². The first-order chi connectivity index (χ1) is 15.1. The van der Waals surface area contributed by atoms with E-state index in [1.807, 2.05) is 25.1 Å². The number of hydrogen-bond donors (Lipinski definition) is 1. The number of carbonyl (C=O) groups is 1. The maximum atomic E-state index is 14.4. The quantitative estimate of drug-likeness (QED) is 0.469. The summed E-state index contributed by atoms with van der Waals surface area (Å²) in [4.78, 5) is 17.9. The van der Waals surface area contributed by atoms with E-state index in [0.717, 1.165) is 37.1 Å². The number of aryl methyl sites for hydroxylation is 1. The molecule has 1 aromatic carbocycles. The zero-order chi connectivity index (χ0) is 21.4. The Morgan fingerprint density at radius 2 is 2.13 bits per heavy atom. The minimum Gasteiger partial charge on any atom is -0.469 e. The summed E-state index contributed by atoms with van der Waals surface area (Å²) in [6.07, 6.45) is 6.85. The molecule has 1 saturated carbocycles. The van der Waals surface area contributed by atoms with Crippen LogP contribution in [0.4, 0.5) is 4.39 Å². The smallest absolute Gasteiger partial charge is 0.252 e. The number of nitrogens with zero attached hydrogens (tertiary/aromatic N) is 3. The molecule has 0 bridgehead atoms. The molecule has 6 nitrogen and oxygen atoms in total. The summed E-state index contributed by atoms with van der Waals surface area (Å²) in [5.74, 6) is 0.684. The molecule has 1 aliphatic rings. The first-order valence-corrected chi connectivity index (χ1v) is 10.6. The molecule has 0 aliphatic heterocycles. The van der Waals surface area contributed by atoms with Crippen LogP contribution < -0.4 is 5.32 Å². The first-order valence-electron chi connectivity index (χ1n) is 10.6. The monoisotopic (exact) mass is 418 g/mol. The van der Waals surface area contributed by atoms with E-state index >= 15 is 0 Å². The predicted octanol–water partition coefficient (Wildman–Crippen LogP) is 4.78. The molecule has 7 heteroatoms. The van der Waals surface area contributed by atoms with E-state index in [2.05, 4.69) is 10.4 Å². The molecule has 3 aromatic heterocycles. The number of pyridine rings is 1. The van der Waals surface area contributed by atoms with Gasteiger partial charge in [0.25, 0.3) is 5.91 Å². The molecule has 1 fully saturated rings. The van der Waals surface area contributed by atoms with Crippen LogP contribution in [0.15, 0.2) is 59.3 Å². The molecule has 5 rings (SSSR count). The van der Waals surface area contributed by atoms with Gasteiger partial charge in [-0.2, -0.15) is 5.10 Å². The third-order valence-corrected chi connectivity index (χ3v) is 5.66. The molecular weight excluding hydrogens is 395 g/mol. The van der Waals surface area contributed by atoms with Gasteiger partial charge in [0, 0.05) is 24.1 Å². The van der Waals surface area contributed by atoms with Crippen LogP contribution in [0.2, 0.25) is 0 Å². The van der Waals surface area contributed by atoms with Crippen molar-refractivity contribution in [2.45, 2.75) is 44.6 Å². The number of carbonyl (C=O) groups excluding carboxylic acids is 1. The SMILES string of the molecule is C[C@@H](CCc1ccco1)NC(=O)c1cc(C2CC2)nc2c1cnn2-c1ccccc1F. The van der Waals surface area contributed by atoms with Gasteiger partial charge >= 0.3 is 0 Å². The maximum Gasteiger partial charge on any atom is 0.252 e. The van der Waals surface area contributed by atoms with Crippen molar-refractivity contribution in [2.24, 2.45) is 0 Å². The second-order valence-corrected chi connectivity index (χ2v) is 8.11. The number of benzene rings is 1. The minimum absolute atomic E-state index is 0.0354. The molecule has 0 radical (unpaired) electrons. The van der Waals surface area contributed by atoms with Crippen molar-refractivity contribution in [1.82, 2.24) is 20.1 Å². The summed E-state index contributed by atoms with van der Waals surface area (Å²) >= 11 is 0. The molecule has 1 aliphatic carbocycles. The topological polar surface area (TPSA) is 73.0 Å². The number of para-hydroxylation sites is 1. The molecule has 31 heavy (non-hydrogen) atoms. The third kappa shape index (κ3) is 3.95. The van der Waals surface area contributed by atoms with Crippen LogP contribution in [-0.4, -0.2) is 26.7 Å². The van der Waals surface area contributed by atoms with E-state index in [1.54, 1.807) is 30.7 Å². The average Bonchev–Trinajstić information content (AvgIpc) is 3.32. The molecule has 3 heterocycles. The summed E-state index contributed by atoms with van der Waals surface area (Å²) in [5.41, 5.74) is 2.21. The lowest BCUT2D eigenvalue weighted by atomic mass is 10.1. The van der Waals surface area contributed by atoms with Gasteiger partial charge < -0.3 is 9.73 Å². The zero-order valence-corrected chi connectivity index (χ0v) is 17.2. The van der Waals surface area contributed by atoms with Gasteiger partial charge in [0.2, 0.25) is 0 Å². The van der Waals surface area contributed by atoms with Gasteiger partial charge in [0.1, 0.15) is 17.3 Å². The fourth-order valence-electron chi connectivity index (χ4n) is 3.78. The Bertz CT molecular complexity index is 1230. The van der Waals surface area contributed by atoms with Crippen LogP contribution in [0, 0.1) is 5.82 Å². The fourth-order valence-corrected chi connectivity index (χ4v) is 3.78. The van der Waals surface area contributed by atoms with Crippen LogP contribution >= 0.6 is 0 Å². The number of hydrogen-bond acceptors (Lipinski definition) is 4. The van der Waals surface area contributed by atoms with Crippen molar-refractivity contribution >= 4 is 16.9 Å². The molecule has 158 valence electrons. The molecule has 4 aromatic rings. The molecule has 0 unspecified atom stereocenters. The molecule has 1 atom stereocenters. The molecule has 1 N–H and O–H groups in total. The highest BCUT2D eigenvalue weighted by molar-refractivity contribution is 6.05. The predicted molar refractivity (Wildman–Crippen MR) is 115 cm³/mol. The largest absolute Gasteiger partial charge is 0.469 e. The number of aromatic nitrogens is 3. The Balaban J connectivity index is 1.46. The van der Waals surface area contributed by atoms with Crippen molar-refractivity contribution in [3.05, 3.63) is 77.8 Å². The fraction of sp³-hybridized carbons (Fsp3) is 0.292. The first kappa shape index (κ1) is 19.5. The van der Waals surface area contributed by atoms with E-state index < -0.39 is 0 Å². The van der Waals surface area contributed by atoms with Gasteiger partial charge in [-0.15, -0.1) is 0 Å². The maximum absolute atomic E-state index is 14.4. The summed E-state index contributed by atoms with van der Waals surface area (Å²) in [6, 6.07) is 12.1. The Hall–Kier alpha value is -3.48. The Labute approximate surface area is 179 Å². The standard InChI is InChI=1S/C24H23FN4O2/c1-15(8-11-17-5-4-12-31-17)27-24(30)18-13-21(16-9-10-16)28-23-19(18)14-26-29(23)22-7-3-2-6-20(22)25/h2-7,12-16H,8-11H2,1H3,(H,27,30)/t15-/m0/s1. The van der Waals surface area contributed by atoms with Crippen LogP contribution in [0.25, 0.3) is 16.7 Å². The van der Waals surface area contributed by atoms with Crippen LogP contribution in [-0.2, 0) is 6.42 Å². The molecule has 0 saturated heterocycles. The van der Waals surface area contributed by atoms with Gasteiger partial charge in [-0.05, 0) is 56.5 Å². The highest BCUT2D eigenvalue weighted by Gasteiger charge is 2.28. The lowest BCUT2D eigenvalue weighted by Gasteiger charge is -2.14. The second kappa shape index (κ2) is 7.98. The number of halogens is 1. The van der Waals surface area contributed by atoms with Crippen molar-refractivity contribution in [3.63, 3.8) is 0 Å². The summed E-state index contributed by atoms with van der Waals surface area (Å²) in [5, 5.41) is 8.05. The normalized spacial score (nSPS) is 14.6. The number of nitrogens with one attached hydrogen (secondary N) is 1. The Morgan fingerprint density at radius 3 is 2.87 bits per heavy atom. The van der Waals surface area contributed by atoms with Gasteiger partial charge in [-0.25, -0.2) is 14.1 Å². The van der Waals surface area contributed by atoms with Crippen LogP contribution in [0.1, 0.15) is 53.9 Å². The molecule has 1 amide bonds. The van der Waals surface area contributed by atoms with Gasteiger partial charge in [-0.3, -0.25) is 4.79 Å². The second-order valence-electron chi connectivity index (χ2n) is 8.11. The Morgan fingerprint density at radius 1 is 1.29 bits per heavy atom. The number of fused-ring (bicyclic) bond motifs is 1. The van der Waals surface area contributed by atoms with E-state index in [1.165, 1.54) is 10.7 Å². The summed E-state index contributed by atoms with van der Waals surface area (Å²) < 4.78 is 21.3. The zero-order valence-electron chi connectivity index (χ0n) is 17.2. The highest BCUT2D eigenvalue weighted by atomic mass is 19.1. The van der Waals surface area contributed by atoms with Crippen molar-refractivity contribution in [2.75, 3.05) is 0 Å². The lowest BCUT2D eigenvalue weighted by Crippen LogP contribution is -2.33. The van der Waals surface area contributed by atoms with Gasteiger partial charge in [0.15, 0.2) is 5.65 Å². The van der Waals surface area contributed by atoms with Gasteiger partial charge in [0.05, 0.1) is 23.4 Å². The van der Waals surface area contributed by atoms with Crippen molar-refractivity contribution < 1.29 is 13.6 Å². The number of rotatable bonds is 7. The highest BCUT2D eigenvalue weighted by Crippen LogP contribution is 2.40. The third-order valence-electron chi connectivity index (χ3n) is 5.66. The number of amides is 1.